The topological polar surface area (TPSA) is 104 Å². The van der Waals surface area contributed by atoms with E-state index in [1.165, 1.54) is 7.11 Å². The van der Waals surface area contributed by atoms with Crippen molar-refractivity contribution in [1.82, 2.24) is 0 Å². The molecule has 1 aromatic carbocycles. The minimum Gasteiger partial charge on any atom is -0.496 e. The fraction of sp³-hybridized carbons (Fsp3) is 0.500. The quantitative estimate of drug-likeness (QED) is 0.674. The molecule has 0 radical (unpaired) electrons. The highest BCUT2D eigenvalue weighted by Crippen LogP contribution is 2.25. The molecule has 6 nitrogen and oxygen atoms in total. The highest BCUT2D eigenvalue weighted by molar-refractivity contribution is 5.93. The van der Waals surface area contributed by atoms with E-state index >= 15 is 0 Å². The predicted molar refractivity (Wildman–Crippen MR) is 82.6 cm³/mol. The Kier molecular flexibility index (Phi) is 8.55. The first-order valence-corrected chi connectivity index (χ1v) is 6.75. The summed E-state index contributed by atoms with van der Waals surface area (Å²) in [6.45, 7) is 4.60. The Morgan fingerprint density at radius 3 is 1.77 bits per heavy atom. The van der Waals surface area contributed by atoms with Crippen LogP contribution in [0.5, 0.6) is 5.75 Å². The Hall–Kier alpha value is -1.76. The molecule has 6 heteroatoms. The van der Waals surface area contributed by atoms with Crippen LogP contribution in [0.1, 0.15) is 38.8 Å². The van der Waals surface area contributed by atoms with Gasteiger partial charge in [0.15, 0.2) is 12.6 Å². The van der Waals surface area contributed by atoms with Crippen molar-refractivity contribution in [2.45, 2.75) is 20.8 Å². The van der Waals surface area contributed by atoms with E-state index in [9.17, 15) is 9.59 Å². The molecular formula is C16H24O6. The van der Waals surface area contributed by atoms with E-state index < -0.39 is 5.41 Å². The normalized spacial score (nSPS) is 10.5. The van der Waals surface area contributed by atoms with E-state index in [4.69, 9.17) is 20.1 Å². The Morgan fingerprint density at radius 2 is 1.50 bits per heavy atom. The molecule has 0 aliphatic rings. The second-order valence-electron chi connectivity index (χ2n) is 5.37. The van der Waals surface area contributed by atoms with Crippen molar-refractivity contribution in [2.24, 2.45) is 5.41 Å². The number of hydrogen-bond acceptors (Lipinski definition) is 6. The van der Waals surface area contributed by atoms with Gasteiger partial charge in [-0.05, 0) is 25.5 Å². The van der Waals surface area contributed by atoms with Crippen LogP contribution in [0.4, 0.5) is 0 Å². The summed E-state index contributed by atoms with van der Waals surface area (Å²) in [4.78, 5) is 21.6. The first-order chi connectivity index (χ1) is 10.3. The van der Waals surface area contributed by atoms with Gasteiger partial charge in [-0.25, -0.2) is 0 Å². The highest BCUT2D eigenvalue weighted by atomic mass is 16.5. The average Bonchev–Trinajstić information content (AvgIpc) is 2.55. The van der Waals surface area contributed by atoms with E-state index in [1.54, 1.807) is 26.8 Å². The number of ether oxygens (including phenoxy) is 1. The molecule has 0 atom stereocenters. The Balaban J connectivity index is 0.000000472. The van der Waals surface area contributed by atoms with Crippen LogP contribution in [0.2, 0.25) is 0 Å². The van der Waals surface area contributed by atoms with Crippen LogP contribution in [0.25, 0.3) is 0 Å². The number of rotatable bonds is 6. The standard InChI is InChI=1S/C11H12O3.C5H12O3/c1-7-4-11(14-3)8(2)10(6-13)9(7)5-12;1-5(2-6,3-7)4-8/h4-6H,1-3H3;6-8H,2-4H2,1H3. The van der Waals surface area contributed by atoms with Crippen molar-refractivity contribution in [3.8, 4) is 5.75 Å². The van der Waals surface area contributed by atoms with Crippen LogP contribution in [-0.2, 0) is 0 Å². The molecule has 0 amide bonds. The maximum absolute atomic E-state index is 10.8. The average molecular weight is 312 g/mol. The summed E-state index contributed by atoms with van der Waals surface area (Å²) in [5.74, 6) is 0.634. The zero-order valence-corrected chi connectivity index (χ0v) is 13.4. The van der Waals surface area contributed by atoms with Gasteiger partial charge in [0.25, 0.3) is 0 Å². The lowest BCUT2D eigenvalue weighted by Gasteiger charge is -2.20. The molecule has 0 heterocycles. The number of aliphatic hydroxyl groups excluding tert-OH is 3. The van der Waals surface area contributed by atoms with Crippen molar-refractivity contribution in [2.75, 3.05) is 26.9 Å². The van der Waals surface area contributed by atoms with Crippen LogP contribution in [-0.4, -0.2) is 54.8 Å². The van der Waals surface area contributed by atoms with Crippen molar-refractivity contribution >= 4 is 12.6 Å². The van der Waals surface area contributed by atoms with Gasteiger partial charge < -0.3 is 20.1 Å². The molecule has 0 aliphatic heterocycles. The molecule has 0 spiro atoms. The molecule has 22 heavy (non-hydrogen) atoms. The summed E-state index contributed by atoms with van der Waals surface area (Å²) in [5, 5.41) is 25.4. The van der Waals surface area contributed by atoms with Crippen molar-refractivity contribution in [1.29, 1.82) is 0 Å². The maximum Gasteiger partial charge on any atom is 0.151 e. The van der Waals surface area contributed by atoms with Gasteiger partial charge in [-0.3, -0.25) is 9.59 Å². The maximum atomic E-state index is 10.8. The SMILES string of the molecule is CC(CO)(CO)CO.COc1cc(C)c(C=O)c(C=O)c1C. The number of carbonyl (C=O) groups is 2. The molecule has 0 unspecified atom stereocenters. The van der Waals surface area contributed by atoms with Crippen molar-refractivity contribution in [3.63, 3.8) is 0 Å². The minimum atomic E-state index is -0.708. The number of aryl methyl sites for hydroxylation is 1. The van der Waals surface area contributed by atoms with Gasteiger partial charge in [0.2, 0.25) is 0 Å². The third-order valence-electron chi connectivity index (χ3n) is 3.44. The van der Waals surface area contributed by atoms with Gasteiger partial charge in [0, 0.05) is 22.1 Å². The molecule has 1 rings (SSSR count). The number of benzene rings is 1. The molecule has 124 valence electrons. The molecule has 0 aromatic heterocycles. The van der Waals surface area contributed by atoms with Crippen LogP contribution >= 0.6 is 0 Å². The van der Waals surface area contributed by atoms with E-state index in [0.717, 1.165) is 5.56 Å². The third kappa shape index (κ3) is 4.91. The zero-order valence-electron chi connectivity index (χ0n) is 13.4. The molecule has 0 saturated heterocycles. The van der Waals surface area contributed by atoms with E-state index in [0.29, 0.717) is 35.0 Å². The summed E-state index contributed by atoms with van der Waals surface area (Å²) in [6, 6.07) is 1.76. The molecule has 0 aliphatic carbocycles. The van der Waals surface area contributed by atoms with Gasteiger partial charge in [0.1, 0.15) is 5.75 Å². The van der Waals surface area contributed by atoms with Gasteiger partial charge in [-0.15, -0.1) is 0 Å². The first kappa shape index (κ1) is 20.2. The lowest BCUT2D eigenvalue weighted by molar-refractivity contribution is 0.0200. The number of hydrogen-bond donors (Lipinski definition) is 3. The Morgan fingerprint density at radius 1 is 1.05 bits per heavy atom. The molecule has 3 N–H and O–H groups in total. The minimum absolute atomic E-state index is 0.181. The molecule has 0 saturated carbocycles. The highest BCUT2D eigenvalue weighted by Gasteiger charge is 2.20. The van der Waals surface area contributed by atoms with Crippen LogP contribution in [0.3, 0.4) is 0 Å². The number of aliphatic hydroxyl groups is 3. The third-order valence-corrected chi connectivity index (χ3v) is 3.44. The zero-order chi connectivity index (χ0) is 17.3. The number of carbonyl (C=O) groups excluding carboxylic acids is 2. The first-order valence-electron chi connectivity index (χ1n) is 6.75. The van der Waals surface area contributed by atoms with Crippen molar-refractivity contribution < 1.29 is 29.6 Å². The van der Waals surface area contributed by atoms with Crippen LogP contribution < -0.4 is 4.74 Å². The molecule has 0 fully saturated rings. The molecule has 0 bridgehead atoms. The molecular weight excluding hydrogens is 288 g/mol. The number of methoxy groups -OCH3 is 1. The van der Waals surface area contributed by atoms with Crippen LogP contribution in [0.15, 0.2) is 6.07 Å². The second-order valence-corrected chi connectivity index (χ2v) is 5.37. The summed E-state index contributed by atoms with van der Waals surface area (Å²) >= 11 is 0. The van der Waals surface area contributed by atoms with Crippen molar-refractivity contribution in [3.05, 3.63) is 28.3 Å². The Bertz CT molecular complexity index is 498. The summed E-state index contributed by atoms with van der Waals surface area (Å²) in [5.41, 5.74) is 1.61. The van der Waals surface area contributed by atoms with Gasteiger partial charge in [-0.1, -0.05) is 6.92 Å². The number of aldehydes is 2. The fourth-order valence-electron chi connectivity index (χ4n) is 1.60. The smallest absolute Gasteiger partial charge is 0.151 e. The van der Waals surface area contributed by atoms with E-state index in [2.05, 4.69) is 0 Å². The van der Waals surface area contributed by atoms with E-state index in [-0.39, 0.29) is 19.8 Å². The fourth-order valence-corrected chi connectivity index (χ4v) is 1.60. The summed E-state index contributed by atoms with van der Waals surface area (Å²) in [7, 11) is 1.54. The largest absolute Gasteiger partial charge is 0.496 e. The lowest BCUT2D eigenvalue weighted by atomic mass is 9.95. The van der Waals surface area contributed by atoms with Crippen LogP contribution in [0, 0.1) is 19.3 Å². The monoisotopic (exact) mass is 312 g/mol. The van der Waals surface area contributed by atoms with Gasteiger partial charge in [-0.2, -0.15) is 0 Å². The van der Waals surface area contributed by atoms with E-state index in [1.807, 2.05) is 0 Å². The molecule has 1 aromatic rings. The summed E-state index contributed by atoms with van der Waals surface area (Å²) < 4.78 is 5.09. The Labute approximate surface area is 130 Å². The predicted octanol–water partition coefficient (Wildman–Crippen LogP) is 0.907. The second kappa shape index (κ2) is 9.30. The van der Waals surface area contributed by atoms with Gasteiger partial charge in [0.05, 0.1) is 26.9 Å². The lowest BCUT2D eigenvalue weighted by Crippen LogP contribution is -2.29. The van der Waals surface area contributed by atoms with Gasteiger partial charge >= 0.3 is 0 Å². The summed E-state index contributed by atoms with van der Waals surface area (Å²) in [6.07, 6.45) is 1.39.